The molecule has 0 unspecified atom stereocenters. The molecular formula is C13H14ClNO4. The average molecular weight is 284 g/mol. The van der Waals surface area contributed by atoms with Crippen LogP contribution in [0.1, 0.15) is 20.3 Å². The third kappa shape index (κ3) is 2.51. The lowest BCUT2D eigenvalue weighted by Crippen LogP contribution is -2.31. The first kappa shape index (κ1) is 13.7. The Morgan fingerprint density at radius 2 is 2.16 bits per heavy atom. The molecule has 0 atom stereocenters. The van der Waals surface area contributed by atoms with Gasteiger partial charge in [-0.2, -0.15) is 0 Å². The van der Waals surface area contributed by atoms with Gasteiger partial charge in [0, 0.05) is 12.5 Å². The Balaban J connectivity index is 2.27. The van der Waals surface area contributed by atoms with Gasteiger partial charge < -0.3 is 9.47 Å². The minimum atomic E-state index is -0.897. The molecule has 0 N–H and O–H groups in total. The molecular weight excluding hydrogens is 270 g/mol. The molecule has 5 nitrogen and oxygen atoms in total. The van der Waals surface area contributed by atoms with E-state index in [1.807, 2.05) is 19.9 Å². The lowest BCUT2D eigenvalue weighted by Gasteiger charge is -2.22. The van der Waals surface area contributed by atoms with E-state index in [9.17, 15) is 9.59 Å². The van der Waals surface area contributed by atoms with Crippen molar-refractivity contribution >= 4 is 23.1 Å². The van der Waals surface area contributed by atoms with Crippen molar-refractivity contribution in [2.75, 3.05) is 7.05 Å². The van der Waals surface area contributed by atoms with E-state index in [1.165, 1.54) is 13.3 Å². The van der Waals surface area contributed by atoms with Crippen molar-refractivity contribution in [3.63, 3.8) is 0 Å². The molecule has 102 valence electrons. The van der Waals surface area contributed by atoms with Gasteiger partial charge in [-0.25, -0.2) is 9.69 Å². The smallest absolute Gasteiger partial charge is 0.422 e. The molecule has 0 aromatic heterocycles. The van der Waals surface area contributed by atoms with Gasteiger partial charge in [0.15, 0.2) is 11.5 Å². The Morgan fingerprint density at radius 3 is 2.79 bits per heavy atom. The summed E-state index contributed by atoms with van der Waals surface area (Å²) in [7, 11) is 1.25. The van der Waals surface area contributed by atoms with Gasteiger partial charge in [0.2, 0.25) is 0 Å². The molecule has 0 bridgehead atoms. The number of fused-ring (bicyclic) bond motifs is 1. The molecule has 0 aromatic rings. The lowest BCUT2D eigenvalue weighted by atomic mass is 9.90. The Morgan fingerprint density at radius 1 is 1.47 bits per heavy atom. The lowest BCUT2D eigenvalue weighted by molar-refractivity contribution is 0.124. The fourth-order valence-corrected chi connectivity index (χ4v) is 2.10. The predicted molar refractivity (Wildman–Crippen MR) is 69.2 cm³/mol. The largest absolute Gasteiger partial charge is 0.461 e. The van der Waals surface area contributed by atoms with Gasteiger partial charge in [0.1, 0.15) is 0 Å². The molecule has 2 amide bonds. The van der Waals surface area contributed by atoms with E-state index >= 15 is 0 Å². The number of allylic oxidation sites excluding steroid dienone is 4. The van der Waals surface area contributed by atoms with Crippen LogP contribution in [0.5, 0.6) is 0 Å². The molecule has 2 rings (SSSR count). The minimum absolute atomic E-state index is 0.376. The monoisotopic (exact) mass is 283 g/mol. The first-order valence-corrected chi connectivity index (χ1v) is 6.13. The van der Waals surface area contributed by atoms with E-state index in [-0.39, 0.29) is 5.41 Å². The molecule has 0 radical (unpaired) electrons. The highest BCUT2D eigenvalue weighted by Crippen LogP contribution is 2.47. The number of carbonyl (C=O) groups is 2. The first-order valence-electron chi connectivity index (χ1n) is 5.75. The Labute approximate surface area is 116 Å². The number of hydrogen-bond acceptors (Lipinski definition) is 4. The fraction of sp³-hybridized carbons (Fsp3) is 0.385. The average Bonchev–Trinajstić information content (AvgIpc) is 2.59. The van der Waals surface area contributed by atoms with E-state index < -0.39 is 11.5 Å². The van der Waals surface area contributed by atoms with Gasteiger partial charge in [-0.15, -0.1) is 0 Å². The summed E-state index contributed by atoms with van der Waals surface area (Å²) in [5, 5.41) is -0.897. The van der Waals surface area contributed by atoms with Gasteiger partial charge in [-0.1, -0.05) is 19.9 Å². The van der Waals surface area contributed by atoms with Crippen molar-refractivity contribution in [3.05, 3.63) is 35.5 Å². The van der Waals surface area contributed by atoms with E-state index in [0.29, 0.717) is 22.8 Å². The van der Waals surface area contributed by atoms with Crippen LogP contribution in [0, 0.1) is 5.41 Å². The molecule has 0 fully saturated rings. The highest BCUT2D eigenvalue weighted by molar-refractivity contribution is 6.63. The molecule has 1 aliphatic carbocycles. The summed E-state index contributed by atoms with van der Waals surface area (Å²) >= 11 is 5.23. The second-order valence-corrected chi connectivity index (χ2v) is 5.36. The van der Waals surface area contributed by atoms with Crippen LogP contribution in [-0.2, 0) is 9.47 Å². The second-order valence-electron chi connectivity index (χ2n) is 5.04. The van der Waals surface area contributed by atoms with Gasteiger partial charge in [0.25, 0.3) is 0 Å². The van der Waals surface area contributed by atoms with Crippen molar-refractivity contribution < 1.29 is 19.1 Å². The zero-order valence-corrected chi connectivity index (χ0v) is 11.7. The maximum atomic E-state index is 11.8. The van der Waals surface area contributed by atoms with Crippen LogP contribution in [0.25, 0.3) is 0 Å². The van der Waals surface area contributed by atoms with Crippen molar-refractivity contribution in [1.29, 1.82) is 0 Å². The van der Waals surface area contributed by atoms with Crippen molar-refractivity contribution in [1.82, 2.24) is 4.90 Å². The van der Waals surface area contributed by atoms with Crippen molar-refractivity contribution in [2.24, 2.45) is 5.41 Å². The number of hydrogen-bond donors (Lipinski definition) is 0. The highest BCUT2D eigenvalue weighted by atomic mass is 35.5. The summed E-state index contributed by atoms with van der Waals surface area (Å²) in [6.07, 6.45) is 5.10. The van der Waals surface area contributed by atoms with E-state index in [1.54, 1.807) is 6.08 Å². The van der Waals surface area contributed by atoms with Crippen molar-refractivity contribution in [3.8, 4) is 0 Å². The highest BCUT2D eigenvalue weighted by Gasteiger charge is 2.41. The summed E-state index contributed by atoms with van der Waals surface area (Å²) in [6, 6.07) is 0. The minimum Gasteiger partial charge on any atom is -0.461 e. The van der Waals surface area contributed by atoms with Gasteiger partial charge >= 0.3 is 11.5 Å². The van der Waals surface area contributed by atoms with Gasteiger partial charge in [-0.3, -0.25) is 4.79 Å². The summed E-state index contributed by atoms with van der Waals surface area (Å²) in [6.45, 7) is 3.88. The van der Waals surface area contributed by atoms with Crippen LogP contribution in [0.3, 0.4) is 0 Å². The number of amides is 2. The standard InChI is InChI=1S/C13H14ClNO4/c1-13(2)7-8-5-4-6-18-9(8)10(13)19-12(17)15(3)11(14)16/h4-6H,7H2,1-3H3. The summed E-state index contributed by atoms with van der Waals surface area (Å²) in [4.78, 5) is 23.4. The van der Waals surface area contributed by atoms with E-state index in [4.69, 9.17) is 21.1 Å². The molecule has 1 heterocycles. The Hall–Kier alpha value is -1.75. The van der Waals surface area contributed by atoms with Crippen LogP contribution >= 0.6 is 11.6 Å². The first-order chi connectivity index (χ1) is 8.83. The third-order valence-corrected chi connectivity index (χ3v) is 3.29. The topological polar surface area (TPSA) is 55.8 Å². The molecule has 0 spiro atoms. The van der Waals surface area contributed by atoms with Crippen LogP contribution < -0.4 is 0 Å². The number of carbonyl (C=O) groups excluding carboxylic acids is 2. The molecule has 0 saturated heterocycles. The van der Waals surface area contributed by atoms with Crippen LogP contribution in [-0.4, -0.2) is 23.4 Å². The number of rotatable bonds is 1. The molecule has 0 saturated carbocycles. The zero-order chi connectivity index (χ0) is 14.2. The van der Waals surface area contributed by atoms with E-state index in [0.717, 1.165) is 5.57 Å². The Kier molecular flexibility index (Phi) is 3.41. The van der Waals surface area contributed by atoms with Gasteiger partial charge in [-0.05, 0) is 29.7 Å². The number of ether oxygens (including phenoxy) is 2. The third-order valence-electron chi connectivity index (χ3n) is 3.03. The quantitative estimate of drug-likeness (QED) is 0.546. The van der Waals surface area contributed by atoms with Crippen LogP contribution in [0.4, 0.5) is 9.59 Å². The zero-order valence-electron chi connectivity index (χ0n) is 10.9. The number of nitrogens with zero attached hydrogens (tertiary/aromatic N) is 1. The molecule has 1 aliphatic heterocycles. The molecule has 0 aromatic carbocycles. The number of halogens is 1. The fourth-order valence-electron chi connectivity index (χ4n) is 2.03. The molecule has 6 heteroatoms. The SMILES string of the molecule is CN(C(=O)Cl)C(=O)OC1=C2OC=CC=C2CC1(C)C. The maximum absolute atomic E-state index is 11.8. The molecule has 19 heavy (non-hydrogen) atoms. The van der Waals surface area contributed by atoms with Gasteiger partial charge in [0.05, 0.1) is 6.26 Å². The van der Waals surface area contributed by atoms with Crippen LogP contribution in [0.2, 0.25) is 0 Å². The summed E-state index contributed by atoms with van der Waals surface area (Å²) < 4.78 is 10.7. The maximum Gasteiger partial charge on any atom is 0.422 e. The molecule has 2 aliphatic rings. The summed E-state index contributed by atoms with van der Waals surface area (Å²) in [5.74, 6) is 0.953. The normalized spacial score (nSPS) is 19.5. The predicted octanol–water partition coefficient (Wildman–Crippen LogP) is 3.53. The summed E-state index contributed by atoms with van der Waals surface area (Å²) in [5.41, 5.74) is 0.592. The van der Waals surface area contributed by atoms with Crippen molar-refractivity contribution in [2.45, 2.75) is 20.3 Å². The van der Waals surface area contributed by atoms with E-state index in [2.05, 4.69) is 0 Å². The number of imide groups is 1. The Bertz CT molecular complexity index is 531. The second kappa shape index (κ2) is 4.74. The van der Waals surface area contributed by atoms with Crippen LogP contribution in [0.15, 0.2) is 35.5 Å².